The predicted octanol–water partition coefficient (Wildman–Crippen LogP) is 3.50. The van der Waals surface area contributed by atoms with Crippen LogP contribution in [0.2, 0.25) is 0 Å². The van der Waals surface area contributed by atoms with Gasteiger partial charge in [0.1, 0.15) is 17.2 Å². The number of aryl methyl sites for hydroxylation is 1. The van der Waals surface area contributed by atoms with Gasteiger partial charge in [0.2, 0.25) is 0 Å². The van der Waals surface area contributed by atoms with Crippen molar-refractivity contribution in [3.63, 3.8) is 0 Å². The second-order valence-electron chi connectivity index (χ2n) is 4.25. The Morgan fingerprint density at radius 3 is 2.94 bits per heavy atom. The highest BCUT2D eigenvalue weighted by Crippen LogP contribution is 2.21. The third-order valence-electron chi connectivity index (χ3n) is 2.73. The van der Waals surface area contributed by atoms with Crippen LogP contribution in [0, 0.1) is 5.82 Å². The lowest BCUT2D eigenvalue weighted by Crippen LogP contribution is -2.16. The first-order chi connectivity index (χ1) is 8.29. The molecule has 0 amide bonds. The van der Waals surface area contributed by atoms with Gasteiger partial charge in [-0.2, -0.15) is 0 Å². The summed E-state index contributed by atoms with van der Waals surface area (Å²) in [7, 11) is 0. The quantitative estimate of drug-likeness (QED) is 0.775. The molecule has 0 aliphatic rings. The molecule has 0 radical (unpaired) electrons. The van der Waals surface area contributed by atoms with E-state index in [2.05, 4.69) is 12.2 Å². The molecule has 0 unspecified atom stereocenters. The van der Waals surface area contributed by atoms with Gasteiger partial charge in [-0.3, -0.25) is 0 Å². The van der Waals surface area contributed by atoms with Crippen molar-refractivity contribution < 1.29 is 8.81 Å². The molecule has 2 rings (SSSR count). The molecule has 0 fully saturated rings. The molecule has 1 aromatic heterocycles. The van der Waals surface area contributed by atoms with E-state index >= 15 is 0 Å². The van der Waals surface area contributed by atoms with Crippen molar-refractivity contribution in [3.05, 3.63) is 35.8 Å². The molecule has 1 heterocycles. The number of halogens is 1. The Kier molecular flexibility index (Phi) is 4.15. The average molecular weight is 235 g/mol. The lowest BCUT2D eigenvalue weighted by Gasteiger charge is -2.00. The third kappa shape index (κ3) is 3.30. The molecule has 2 nitrogen and oxygen atoms in total. The Morgan fingerprint density at radius 1 is 1.24 bits per heavy atom. The number of hydrogen-bond acceptors (Lipinski definition) is 2. The van der Waals surface area contributed by atoms with E-state index in [1.807, 2.05) is 6.07 Å². The second kappa shape index (κ2) is 5.82. The van der Waals surface area contributed by atoms with Gasteiger partial charge in [0.15, 0.2) is 0 Å². The van der Waals surface area contributed by atoms with Crippen molar-refractivity contribution in [3.8, 4) is 0 Å². The van der Waals surface area contributed by atoms with Gasteiger partial charge in [-0.1, -0.05) is 6.92 Å². The summed E-state index contributed by atoms with van der Waals surface area (Å²) in [6, 6.07) is 6.55. The zero-order valence-corrected chi connectivity index (χ0v) is 10.1. The minimum absolute atomic E-state index is 0.213. The summed E-state index contributed by atoms with van der Waals surface area (Å²) in [5.74, 6) is 0.721. The Morgan fingerprint density at radius 2 is 2.12 bits per heavy atom. The smallest absolute Gasteiger partial charge is 0.134 e. The number of benzene rings is 1. The molecule has 0 spiro atoms. The van der Waals surface area contributed by atoms with Crippen molar-refractivity contribution in [2.75, 3.05) is 13.1 Å². The van der Waals surface area contributed by atoms with Crippen LogP contribution in [0.15, 0.2) is 28.7 Å². The molecule has 0 saturated heterocycles. The summed E-state index contributed by atoms with van der Waals surface area (Å²) in [6.45, 7) is 4.21. The van der Waals surface area contributed by atoms with Crippen LogP contribution in [-0.4, -0.2) is 13.1 Å². The van der Waals surface area contributed by atoms with Gasteiger partial charge in [-0.05, 0) is 50.2 Å². The van der Waals surface area contributed by atoms with Gasteiger partial charge in [0, 0.05) is 11.8 Å². The molecular weight excluding hydrogens is 217 g/mol. The van der Waals surface area contributed by atoms with Crippen LogP contribution >= 0.6 is 0 Å². The lowest BCUT2D eigenvalue weighted by molar-refractivity contribution is 0.527. The van der Waals surface area contributed by atoms with Crippen LogP contribution in [-0.2, 0) is 6.42 Å². The highest BCUT2D eigenvalue weighted by atomic mass is 19.1. The second-order valence-corrected chi connectivity index (χ2v) is 4.25. The number of furan rings is 1. The van der Waals surface area contributed by atoms with E-state index in [0.29, 0.717) is 0 Å². The maximum Gasteiger partial charge on any atom is 0.134 e. The van der Waals surface area contributed by atoms with Crippen LogP contribution in [0.1, 0.15) is 25.5 Å². The van der Waals surface area contributed by atoms with E-state index in [1.165, 1.54) is 12.1 Å². The molecule has 0 atom stereocenters. The van der Waals surface area contributed by atoms with E-state index in [-0.39, 0.29) is 5.82 Å². The summed E-state index contributed by atoms with van der Waals surface area (Å²) in [5.41, 5.74) is 0.767. The maximum absolute atomic E-state index is 13.0. The van der Waals surface area contributed by atoms with Gasteiger partial charge >= 0.3 is 0 Å². The van der Waals surface area contributed by atoms with Crippen molar-refractivity contribution in [2.24, 2.45) is 0 Å². The molecule has 0 bridgehead atoms. The van der Waals surface area contributed by atoms with Crippen LogP contribution in [0.5, 0.6) is 0 Å². The molecule has 1 N–H and O–H groups in total. The Bertz CT molecular complexity index is 478. The van der Waals surface area contributed by atoms with Crippen molar-refractivity contribution in [2.45, 2.75) is 26.2 Å². The van der Waals surface area contributed by atoms with Crippen LogP contribution in [0.4, 0.5) is 4.39 Å². The fourth-order valence-corrected chi connectivity index (χ4v) is 1.88. The van der Waals surface area contributed by atoms with Gasteiger partial charge < -0.3 is 9.73 Å². The first kappa shape index (κ1) is 12.1. The van der Waals surface area contributed by atoms with E-state index in [9.17, 15) is 4.39 Å². The topological polar surface area (TPSA) is 25.2 Å². The van der Waals surface area contributed by atoms with Crippen molar-refractivity contribution in [1.29, 1.82) is 0 Å². The van der Waals surface area contributed by atoms with Crippen LogP contribution < -0.4 is 5.32 Å². The Hall–Kier alpha value is -1.35. The molecular formula is C14H18FNO. The summed E-state index contributed by atoms with van der Waals surface area (Å²) in [5, 5.41) is 4.20. The summed E-state index contributed by atoms with van der Waals surface area (Å²) in [6.07, 6.45) is 3.10. The summed E-state index contributed by atoms with van der Waals surface area (Å²) >= 11 is 0. The Balaban J connectivity index is 1.91. The SMILES string of the molecule is CCCNCCCc1cc2cc(F)ccc2o1. The minimum Gasteiger partial charge on any atom is -0.461 e. The van der Waals surface area contributed by atoms with Gasteiger partial charge in [-0.25, -0.2) is 4.39 Å². The van der Waals surface area contributed by atoms with Gasteiger partial charge in [-0.15, -0.1) is 0 Å². The Labute approximate surface area is 101 Å². The van der Waals surface area contributed by atoms with E-state index in [4.69, 9.17) is 4.42 Å². The highest BCUT2D eigenvalue weighted by molar-refractivity contribution is 5.77. The molecule has 17 heavy (non-hydrogen) atoms. The average Bonchev–Trinajstić information content (AvgIpc) is 2.70. The van der Waals surface area contributed by atoms with E-state index < -0.39 is 0 Å². The summed E-state index contributed by atoms with van der Waals surface area (Å²) < 4.78 is 18.6. The molecule has 3 heteroatoms. The molecule has 92 valence electrons. The standard InChI is InChI=1S/C14H18FNO/c1-2-7-16-8-3-4-13-10-11-9-12(15)5-6-14(11)17-13/h5-6,9-10,16H,2-4,7-8H2,1H3. The number of hydrogen-bond donors (Lipinski definition) is 1. The number of nitrogens with one attached hydrogen (secondary N) is 1. The minimum atomic E-state index is -0.213. The van der Waals surface area contributed by atoms with Gasteiger partial charge in [0.05, 0.1) is 0 Å². The molecule has 0 saturated carbocycles. The molecule has 2 aromatic rings. The predicted molar refractivity (Wildman–Crippen MR) is 67.7 cm³/mol. The highest BCUT2D eigenvalue weighted by Gasteiger charge is 2.04. The molecule has 0 aliphatic heterocycles. The zero-order chi connectivity index (χ0) is 12.1. The van der Waals surface area contributed by atoms with Crippen molar-refractivity contribution in [1.82, 2.24) is 5.32 Å². The number of fused-ring (bicyclic) bond motifs is 1. The van der Waals surface area contributed by atoms with Crippen LogP contribution in [0.25, 0.3) is 11.0 Å². The normalized spacial score (nSPS) is 11.2. The van der Waals surface area contributed by atoms with Gasteiger partial charge in [0.25, 0.3) is 0 Å². The number of rotatable bonds is 6. The summed E-state index contributed by atoms with van der Waals surface area (Å²) in [4.78, 5) is 0. The fourth-order valence-electron chi connectivity index (χ4n) is 1.88. The van der Waals surface area contributed by atoms with Crippen molar-refractivity contribution >= 4 is 11.0 Å². The first-order valence-electron chi connectivity index (χ1n) is 6.18. The zero-order valence-electron chi connectivity index (χ0n) is 10.1. The third-order valence-corrected chi connectivity index (χ3v) is 2.73. The lowest BCUT2D eigenvalue weighted by atomic mass is 10.2. The maximum atomic E-state index is 13.0. The largest absolute Gasteiger partial charge is 0.461 e. The monoisotopic (exact) mass is 235 g/mol. The van der Waals surface area contributed by atoms with Crippen LogP contribution in [0.3, 0.4) is 0 Å². The van der Waals surface area contributed by atoms with E-state index in [0.717, 1.165) is 49.1 Å². The molecule has 1 aromatic carbocycles. The fraction of sp³-hybridized carbons (Fsp3) is 0.429. The first-order valence-corrected chi connectivity index (χ1v) is 6.18. The molecule has 0 aliphatic carbocycles. The van der Waals surface area contributed by atoms with E-state index in [1.54, 1.807) is 6.07 Å².